The van der Waals surface area contributed by atoms with Crippen molar-refractivity contribution in [3.8, 4) is 0 Å². The first-order valence-electron chi connectivity index (χ1n) is 7.22. The molecule has 0 bridgehead atoms. The number of nitrogens with zero attached hydrogens (tertiary/aromatic N) is 2. The molecular formula is C16H23N3S. The summed E-state index contributed by atoms with van der Waals surface area (Å²) in [6.07, 6.45) is 0.983. The molecule has 1 atom stereocenters. The normalized spacial score (nSPS) is 12.8. The van der Waals surface area contributed by atoms with Gasteiger partial charge in [0.1, 0.15) is 0 Å². The maximum atomic E-state index is 4.13. The summed E-state index contributed by atoms with van der Waals surface area (Å²) >= 11 is 1.50. The lowest BCUT2D eigenvalue weighted by Crippen LogP contribution is -2.22. The molecule has 20 heavy (non-hydrogen) atoms. The Morgan fingerprint density at radius 1 is 1.20 bits per heavy atom. The highest BCUT2D eigenvalue weighted by molar-refractivity contribution is 7.05. The fourth-order valence-electron chi connectivity index (χ4n) is 2.34. The molecule has 2 rings (SSSR count). The second-order valence-electron chi connectivity index (χ2n) is 5.43. The predicted octanol–water partition coefficient (Wildman–Crippen LogP) is 3.86. The van der Waals surface area contributed by atoms with Gasteiger partial charge in [0, 0.05) is 6.04 Å². The Balaban J connectivity index is 2.14. The first kappa shape index (κ1) is 15.1. The van der Waals surface area contributed by atoms with Crippen LogP contribution in [0.3, 0.4) is 0 Å². The molecule has 108 valence electrons. The van der Waals surface area contributed by atoms with Gasteiger partial charge in [-0.15, -0.1) is 5.10 Å². The molecule has 0 aliphatic heterocycles. The van der Waals surface area contributed by atoms with E-state index in [9.17, 15) is 0 Å². The van der Waals surface area contributed by atoms with Crippen molar-refractivity contribution in [3.63, 3.8) is 0 Å². The van der Waals surface area contributed by atoms with Crippen LogP contribution in [0, 0.1) is 6.92 Å². The van der Waals surface area contributed by atoms with Gasteiger partial charge in [-0.1, -0.05) is 49.5 Å². The second-order valence-corrected chi connectivity index (χ2v) is 6.22. The first-order valence-corrected chi connectivity index (χ1v) is 8.00. The van der Waals surface area contributed by atoms with Gasteiger partial charge in [0.15, 0.2) is 0 Å². The van der Waals surface area contributed by atoms with Crippen LogP contribution in [0.4, 0.5) is 0 Å². The summed E-state index contributed by atoms with van der Waals surface area (Å²) in [7, 11) is 0. The van der Waals surface area contributed by atoms with E-state index in [-0.39, 0.29) is 0 Å². The van der Waals surface area contributed by atoms with E-state index in [0.29, 0.717) is 12.0 Å². The highest BCUT2D eigenvalue weighted by Gasteiger charge is 2.16. The molecular weight excluding hydrogens is 266 g/mol. The van der Waals surface area contributed by atoms with Crippen LogP contribution in [0.5, 0.6) is 0 Å². The Morgan fingerprint density at radius 3 is 2.40 bits per heavy atom. The molecule has 1 aromatic carbocycles. The average Bonchev–Trinajstić information content (AvgIpc) is 2.85. The van der Waals surface area contributed by atoms with Crippen LogP contribution in [0.15, 0.2) is 24.3 Å². The number of rotatable bonds is 6. The van der Waals surface area contributed by atoms with E-state index in [1.807, 2.05) is 6.92 Å². The molecule has 2 aromatic rings. The standard InChI is InChI=1S/C16H23N3S/c1-5-17-15(16-12(4)18-19-20-16)10-13-6-8-14(9-7-13)11(2)3/h6-9,11,15,17H,5,10H2,1-4H3. The van der Waals surface area contributed by atoms with Gasteiger partial charge in [0.25, 0.3) is 0 Å². The highest BCUT2D eigenvalue weighted by Crippen LogP contribution is 2.24. The minimum Gasteiger partial charge on any atom is -0.309 e. The summed E-state index contributed by atoms with van der Waals surface area (Å²) in [5.74, 6) is 0.585. The minimum absolute atomic E-state index is 0.310. The lowest BCUT2D eigenvalue weighted by atomic mass is 9.98. The van der Waals surface area contributed by atoms with Crippen LogP contribution in [-0.2, 0) is 6.42 Å². The van der Waals surface area contributed by atoms with Crippen LogP contribution >= 0.6 is 11.5 Å². The third kappa shape index (κ3) is 3.64. The van der Waals surface area contributed by atoms with E-state index < -0.39 is 0 Å². The van der Waals surface area contributed by atoms with Crippen molar-refractivity contribution in [1.82, 2.24) is 14.9 Å². The van der Waals surface area contributed by atoms with Crippen molar-refractivity contribution in [2.24, 2.45) is 0 Å². The average molecular weight is 289 g/mol. The van der Waals surface area contributed by atoms with Crippen LogP contribution in [0.25, 0.3) is 0 Å². The molecule has 1 heterocycles. The number of benzene rings is 1. The zero-order valence-electron chi connectivity index (χ0n) is 12.7. The number of likely N-dealkylation sites (N-methyl/N-ethyl adjacent to an activating group) is 1. The van der Waals surface area contributed by atoms with Crippen LogP contribution in [0.1, 0.15) is 54.4 Å². The van der Waals surface area contributed by atoms with Crippen molar-refractivity contribution in [2.45, 2.75) is 46.1 Å². The van der Waals surface area contributed by atoms with Crippen LogP contribution in [0.2, 0.25) is 0 Å². The minimum atomic E-state index is 0.310. The predicted molar refractivity (Wildman–Crippen MR) is 85.3 cm³/mol. The second kappa shape index (κ2) is 6.95. The lowest BCUT2D eigenvalue weighted by Gasteiger charge is -2.17. The van der Waals surface area contributed by atoms with Crippen LogP contribution in [-0.4, -0.2) is 16.1 Å². The molecule has 0 spiro atoms. The van der Waals surface area contributed by atoms with E-state index in [2.05, 4.69) is 59.9 Å². The Kier molecular flexibility index (Phi) is 5.26. The molecule has 0 amide bonds. The Hall–Kier alpha value is -1.26. The van der Waals surface area contributed by atoms with Crippen molar-refractivity contribution in [3.05, 3.63) is 46.0 Å². The maximum Gasteiger partial charge on any atom is 0.0772 e. The van der Waals surface area contributed by atoms with Gasteiger partial charge in [0.2, 0.25) is 0 Å². The van der Waals surface area contributed by atoms with Gasteiger partial charge < -0.3 is 5.32 Å². The van der Waals surface area contributed by atoms with Gasteiger partial charge >= 0.3 is 0 Å². The Morgan fingerprint density at radius 2 is 1.90 bits per heavy atom. The number of hydrogen-bond acceptors (Lipinski definition) is 4. The molecule has 0 aliphatic carbocycles. The molecule has 0 saturated carbocycles. The molecule has 3 nitrogen and oxygen atoms in total. The number of hydrogen-bond donors (Lipinski definition) is 1. The summed E-state index contributed by atoms with van der Waals surface area (Å²) < 4.78 is 4.06. The summed E-state index contributed by atoms with van der Waals surface area (Å²) in [6, 6.07) is 9.26. The van der Waals surface area contributed by atoms with Gasteiger partial charge in [-0.05, 0) is 48.5 Å². The van der Waals surface area contributed by atoms with Gasteiger partial charge in [-0.2, -0.15) is 0 Å². The van der Waals surface area contributed by atoms with Crippen molar-refractivity contribution in [2.75, 3.05) is 6.54 Å². The van der Waals surface area contributed by atoms with E-state index in [0.717, 1.165) is 18.7 Å². The first-order chi connectivity index (χ1) is 9.61. The lowest BCUT2D eigenvalue weighted by molar-refractivity contribution is 0.554. The summed E-state index contributed by atoms with van der Waals surface area (Å²) in [6.45, 7) is 9.57. The zero-order chi connectivity index (χ0) is 14.5. The molecule has 0 aliphatic rings. The largest absolute Gasteiger partial charge is 0.309 e. The smallest absolute Gasteiger partial charge is 0.0772 e. The summed E-state index contributed by atoms with van der Waals surface area (Å²) in [4.78, 5) is 1.25. The molecule has 1 N–H and O–H groups in total. The Bertz CT molecular complexity index is 531. The topological polar surface area (TPSA) is 37.8 Å². The zero-order valence-corrected chi connectivity index (χ0v) is 13.5. The quantitative estimate of drug-likeness (QED) is 0.877. The summed E-state index contributed by atoms with van der Waals surface area (Å²) in [5.41, 5.74) is 3.79. The monoisotopic (exact) mass is 289 g/mol. The number of aromatic nitrogens is 2. The summed E-state index contributed by atoms with van der Waals surface area (Å²) in [5, 5.41) is 7.67. The number of aryl methyl sites for hydroxylation is 1. The van der Waals surface area contributed by atoms with E-state index >= 15 is 0 Å². The molecule has 0 radical (unpaired) electrons. The highest BCUT2D eigenvalue weighted by atomic mass is 32.1. The Labute approximate surface area is 125 Å². The number of nitrogens with one attached hydrogen (secondary N) is 1. The maximum absolute atomic E-state index is 4.13. The molecule has 4 heteroatoms. The van der Waals surface area contributed by atoms with Crippen LogP contribution < -0.4 is 5.32 Å². The van der Waals surface area contributed by atoms with Crippen molar-refractivity contribution < 1.29 is 0 Å². The van der Waals surface area contributed by atoms with E-state index in [4.69, 9.17) is 0 Å². The van der Waals surface area contributed by atoms with Gasteiger partial charge in [-0.25, -0.2) is 0 Å². The molecule has 0 saturated heterocycles. The fourth-order valence-corrected chi connectivity index (χ4v) is 3.05. The molecule has 0 fully saturated rings. The third-order valence-corrected chi connectivity index (χ3v) is 4.48. The van der Waals surface area contributed by atoms with Gasteiger partial charge in [-0.3, -0.25) is 0 Å². The van der Waals surface area contributed by atoms with Crippen molar-refractivity contribution in [1.29, 1.82) is 0 Å². The van der Waals surface area contributed by atoms with E-state index in [1.54, 1.807) is 0 Å². The molecule has 1 aromatic heterocycles. The third-order valence-electron chi connectivity index (χ3n) is 3.54. The van der Waals surface area contributed by atoms with E-state index in [1.165, 1.54) is 27.5 Å². The van der Waals surface area contributed by atoms with Gasteiger partial charge in [0.05, 0.1) is 10.6 Å². The van der Waals surface area contributed by atoms with Crippen molar-refractivity contribution >= 4 is 11.5 Å². The molecule has 1 unspecified atom stereocenters. The fraction of sp³-hybridized carbons (Fsp3) is 0.500. The SMILES string of the molecule is CCNC(Cc1ccc(C(C)C)cc1)c1snnc1C.